The fourth-order valence-corrected chi connectivity index (χ4v) is 8.09. The molecule has 0 aromatic rings. The fourth-order valence-electron chi connectivity index (χ4n) is 8.09. The van der Waals surface area contributed by atoms with Gasteiger partial charge in [0.1, 0.15) is 19.7 Å². The number of rotatable bonds is 7. The number of carbonyl (C=O) groups excluding carboxylic acids is 1. The Morgan fingerprint density at radius 2 is 1.69 bits per heavy atom. The van der Waals surface area contributed by atoms with E-state index < -0.39 is 0 Å². The molecule has 0 aromatic heterocycles. The molecule has 7 nitrogen and oxygen atoms in total. The van der Waals surface area contributed by atoms with Crippen LogP contribution in [0.25, 0.3) is 0 Å². The van der Waals surface area contributed by atoms with E-state index in [0.29, 0.717) is 18.3 Å². The summed E-state index contributed by atoms with van der Waals surface area (Å²) in [5.74, 6) is 1.92. The van der Waals surface area contributed by atoms with Crippen LogP contribution in [0.5, 0.6) is 0 Å². The zero-order chi connectivity index (χ0) is 23.3. The van der Waals surface area contributed by atoms with Gasteiger partial charge >= 0.3 is 5.97 Å². The van der Waals surface area contributed by atoms with Crippen molar-refractivity contribution in [2.75, 3.05) is 34.9 Å². The molecule has 1 saturated heterocycles. The molecule has 10 atom stereocenters. The highest BCUT2D eigenvalue weighted by Gasteiger charge is 2.72. The molecule has 0 aromatic carbocycles. The highest BCUT2D eigenvalue weighted by Crippen LogP contribution is 2.70. The van der Waals surface area contributed by atoms with Crippen LogP contribution in [-0.4, -0.2) is 59.2 Å². The summed E-state index contributed by atoms with van der Waals surface area (Å²) in [4.78, 5) is 12.7. The van der Waals surface area contributed by atoms with Gasteiger partial charge in [-0.2, -0.15) is 0 Å². The molecule has 182 valence electrons. The molecule has 4 rings (SSSR count). The van der Waals surface area contributed by atoms with Gasteiger partial charge < -0.3 is 28.4 Å². The molecule has 0 N–H and O–H groups in total. The van der Waals surface area contributed by atoms with Gasteiger partial charge in [-0.25, -0.2) is 0 Å². The average molecular weight is 453 g/mol. The first-order valence-electron chi connectivity index (χ1n) is 11.9. The van der Waals surface area contributed by atoms with Gasteiger partial charge in [0.2, 0.25) is 0 Å². The number of methoxy groups -OCH3 is 3. The van der Waals surface area contributed by atoms with Crippen LogP contribution in [0.2, 0.25) is 0 Å². The molecule has 3 fully saturated rings. The third-order valence-corrected chi connectivity index (χ3v) is 9.38. The van der Waals surface area contributed by atoms with E-state index in [2.05, 4.69) is 33.8 Å². The van der Waals surface area contributed by atoms with Crippen molar-refractivity contribution in [1.82, 2.24) is 0 Å². The SMILES string of the molecule is COCO[C@@H]1[C@H](C)[C@@H]2CC(=O)O[C@@H]3C[C@H]4[C@H](C)CC=C(OC)[C@]4(C)[C@@H]([C@H]1OCOC)[C@@]32C. The number of esters is 1. The smallest absolute Gasteiger partial charge is 0.306 e. The molecule has 7 heteroatoms. The van der Waals surface area contributed by atoms with Crippen molar-refractivity contribution in [3.63, 3.8) is 0 Å². The summed E-state index contributed by atoms with van der Waals surface area (Å²) in [6, 6.07) is 0. The van der Waals surface area contributed by atoms with Gasteiger partial charge in [-0.05, 0) is 42.6 Å². The van der Waals surface area contributed by atoms with E-state index in [1.54, 1.807) is 21.3 Å². The number of carbonyl (C=O) groups is 1. The molecule has 0 spiro atoms. The highest BCUT2D eigenvalue weighted by molar-refractivity contribution is 5.71. The Labute approximate surface area is 192 Å². The Morgan fingerprint density at radius 3 is 2.31 bits per heavy atom. The van der Waals surface area contributed by atoms with Gasteiger partial charge in [-0.3, -0.25) is 4.79 Å². The third kappa shape index (κ3) is 3.34. The molecule has 1 heterocycles. The minimum atomic E-state index is -0.271. The monoisotopic (exact) mass is 452 g/mol. The summed E-state index contributed by atoms with van der Waals surface area (Å²) >= 11 is 0. The summed E-state index contributed by atoms with van der Waals surface area (Å²) in [6.45, 7) is 9.46. The summed E-state index contributed by atoms with van der Waals surface area (Å²) in [7, 11) is 5.04. The van der Waals surface area contributed by atoms with Crippen LogP contribution in [0, 0.1) is 40.4 Å². The second-order valence-corrected chi connectivity index (χ2v) is 10.7. The van der Waals surface area contributed by atoms with Crippen LogP contribution in [0.4, 0.5) is 0 Å². The molecule has 0 amide bonds. The first kappa shape index (κ1) is 24.0. The lowest BCUT2D eigenvalue weighted by Gasteiger charge is -2.69. The van der Waals surface area contributed by atoms with Gasteiger partial charge in [0.25, 0.3) is 0 Å². The van der Waals surface area contributed by atoms with Gasteiger partial charge in [-0.15, -0.1) is 0 Å². The van der Waals surface area contributed by atoms with Crippen LogP contribution in [0.15, 0.2) is 11.8 Å². The molecule has 1 aliphatic heterocycles. The molecule has 32 heavy (non-hydrogen) atoms. The van der Waals surface area contributed by atoms with E-state index in [-0.39, 0.29) is 66.5 Å². The standard InChI is InChI=1S/C25H40O7/c1-14-8-9-18(29-7)24(3)16(14)10-19-25(4)17(11-20(26)32-19)15(2)21(30-12-27-5)22(23(24)25)31-13-28-6/h9,14-17,19,21-23H,8,10-13H2,1-7H3/t14-,15-,16+,17+,19-,21-,22+,23-,24-,25-/m1/s1. The van der Waals surface area contributed by atoms with Crippen molar-refractivity contribution < 1.29 is 33.2 Å². The van der Waals surface area contributed by atoms with Crippen molar-refractivity contribution >= 4 is 5.97 Å². The Kier molecular flexibility index (Phi) is 6.67. The molecule has 0 radical (unpaired) electrons. The maximum absolute atomic E-state index is 12.7. The maximum atomic E-state index is 12.7. The number of hydrogen-bond acceptors (Lipinski definition) is 7. The van der Waals surface area contributed by atoms with Crippen LogP contribution < -0.4 is 0 Å². The van der Waals surface area contributed by atoms with E-state index in [9.17, 15) is 4.79 Å². The summed E-state index contributed by atoms with van der Waals surface area (Å²) in [6.07, 6.45) is 3.83. The molecule has 3 aliphatic carbocycles. The van der Waals surface area contributed by atoms with Crippen LogP contribution in [-0.2, 0) is 33.2 Å². The Hall–Kier alpha value is -1.15. The predicted molar refractivity (Wildman–Crippen MR) is 117 cm³/mol. The molecule has 2 saturated carbocycles. The first-order chi connectivity index (χ1) is 15.2. The first-order valence-corrected chi connectivity index (χ1v) is 11.9. The normalized spacial score (nSPS) is 47.7. The summed E-state index contributed by atoms with van der Waals surface area (Å²) in [5, 5.41) is 0. The molecule has 0 bridgehead atoms. The second-order valence-electron chi connectivity index (χ2n) is 10.7. The summed E-state index contributed by atoms with van der Waals surface area (Å²) in [5.41, 5.74) is -0.536. The molecular formula is C25H40O7. The lowest BCUT2D eigenvalue weighted by molar-refractivity contribution is -0.308. The molecular weight excluding hydrogens is 412 g/mol. The maximum Gasteiger partial charge on any atom is 0.306 e. The largest absolute Gasteiger partial charge is 0.501 e. The van der Waals surface area contributed by atoms with E-state index in [1.807, 2.05) is 0 Å². The zero-order valence-electron chi connectivity index (χ0n) is 20.6. The zero-order valence-corrected chi connectivity index (χ0v) is 20.6. The number of fused-ring (bicyclic) bond motifs is 2. The average Bonchev–Trinajstić information content (AvgIpc) is 2.75. The van der Waals surface area contributed by atoms with Gasteiger partial charge in [-0.1, -0.05) is 27.7 Å². The van der Waals surface area contributed by atoms with E-state index in [4.69, 9.17) is 28.4 Å². The Morgan fingerprint density at radius 1 is 1.03 bits per heavy atom. The van der Waals surface area contributed by atoms with Crippen molar-refractivity contribution in [2.45, 2.75) is 65.3 Å². The second kappa shape index (κ2) is 8.90. The highest BCUT2D eigenvalue weighted by atomic mass is 16.7. The topological polar surface area (TPSA) is 72.5 Å². The van der Waals surface area contributed by atoms with E-state index in [0.717, 1.165) is 18.6 Å². The van der Waals surface area contributed by atoms with E-state index in [1.165, 1.54) is 0 Å². The van der Waals surface area contributed by atoms with Crippen molar-refractivity contribution in [1.29, 1.82) is 0 Å². The fraction of sp³-hybridized carbons (Fsp3) is 0.880. The lowest BCUT2D eigenvalue weighted by atomic mass is 9.38. The van der Waals surface area contributed by atoms with E-state index >= 15 is 0 Å². The Balaban J connectivity index is 1.90. The summed E-state index contributed by atoms with van der Waals surface area (Å²) < 4.78 is 35.5. The quantitative estimate of drug-likeness (QED) is 0.430. The van der Waals surface area contributed by atoms with Gasteiger partial charge in [0, 0.05) is 37.4 Å². The van der Waals surface area contributed by atoms with Crippen molar-refractivity contribution in [3.05, 3.63) is 11.8 Å². The molecule has 4 aliphatic rings. The van der Waals surface area contributed by atoms with Crippen molar-refractivity contribution in [2.24, 2.45) is 40.4 Å². The number of hydrogen-bond donors (Lipinski definition) is 0. The lowest BCUT2D eigenvalue weighted by Crippen LogP contribution is -2.73. The number of allylic oxidation sites excluding steroid dienone is 2. The predicted octanol–water partition coefficient (Wildman–Crippen LogP) is 3.76. The molecule has 0 unspecified atom stereocenters. The minimum Gasteiger partial charge on any atom is -0.501 e. The number of ether oxygens (including phenoxy) is 6. The van der Waals surface area contributed by atoms with Crippen LogP contribution >= 0.6 is 0 Å². The van der Waals surface area contributed by atoms with Gasteiger partial charge in [0.05, 0.1) is 25.1 Å². The van der Waals surface area contributed by atoms with Crippen LogP contribution in [0.1, 0.15) is 47.0 Å². The van der Waals surface area contributed by atoms with Crippen LogP contribution in [0.3, 0.4) is 0 Å². The van der Waals surface area contributed by atoms with Crippen molar-refractivity contribution in [3.8, 4) is 0 Å². The van der Waals surface area contributed by atoms with Gasteiger partial charge in [0.15, 0.2) is 0 Å². The minimum absolute atomic E-state index is 0.0269. The third-order valence-electron chi connectivity index (χ3n) is 9.38. The Bertz CT molecular complexity index is 738.